The largest absolute Gasteiger partial charge is 0.550 e. The van der Waals surface area contributed by atoms with E-state index < -0.39 is 18.0 Å². The third kappa shape index (κ3) is 3.00. The number of rotatable bonds is 4. The van der Waals surface area contributed by atoms with Gasteiger partial charge in [-0.1, -0.05) is 30.3 Å². The number of carboxylic acids is 1. The van der Waals surface area contributed by atoms with Crippen molar-refractivity contribution in [3.8, 4) is 0 Å². The van der Waals surface area contributed by atoms with Crippen molar-refractivity contribution in [1.82, 2.24) is 5.32 Å². The SMILES string of the molecule is O=C(N[C@@H]1CC[C@H]1C(=O)[O-])OCc1ccccc1. The molecule has 2 rings (SSSR count). The smallest absolute Gasteiger partial charge is 0.407 e. The highest BCUT2D eigenvalue weighted by atomic mass is 16.5. The van der Waals surface area contributed by atoms with Crippen molar-refractivity contribution in [2.75, 3.05) is 0 Å². The molecular weight excluding hydrogens is 234 g/mol. The van der Waals surface area contributed by atoms with Crippen LogP contribution < -0.4 is 10.4 Å². The molecule has 1 saturated carbocycles. The second-order valence-electron chi connectivity index (χ2n) is 4.32. The number of amides is 1. The van der Waals surface area contributed by atoms with E-state index in [0.717, 1.165) is 5.56 Å². The normalized spacial score (nSPS) is 21.8. The molecule has 0 unspecified atom stereocenters. The van der Waals surface area contributed by atoms with Gasteiger partial charge in [0.05, 0.1) is 0 Å². The molecule has 0 saturated heterocycles. The zero-order chi connectivity index (χ0) is 13.0. The first-order chi connectivity index (χ1) is 8.66. The predicted octanol–water partition coefficient (Wildman–Crippen LogP) is 0.441. The Labute approximate surface area is 105 Å². The summed E-state index contributed by atoms with van der Waals surface area (Å²) in [7, 11) is 0. The molecule has 0 radical (unpaired) electrons. The number of hydrogen-bond acceptors (Lipinski definition) is 4. The Hall–Kier alpha value is -2.04. The van der Waals surface area contributed by atoms with Crippen LogP contribution in [0.5, 0.6) is 0 Å². The molecule has 96 valence electrons. The van der Waals surface area contributed by atoms with E-state index in [1.165, 1.54) is 0 Å². The number of carbonyl (C=O) groups is 2. The minimum absolute atomic E-state index is 0.176. The monoisotopic (exact) mass is 248 g/mol. The van der Waals surface area contributed by atoms with Gasteiger partial charge in [-0.05, 0) is 18.4 Å². The number of carboxylic acid groups (broad SMARTS) is 1. The van der Waals surface area contributed by atoms with Gasteiger partial charge < -0.3 is 20.0 Å². The lowest BCUT2D eigenvalue weighted by Crippen LogP contribution is -2.53. The van der Waals surface area contributed by atoms with E-state index in [2.05, 4.69) is 5.32 Å². The molecule has 1 aromatic rings. The minimum atomic E-state index is -1.12. The lowest BCUT2D eigenvalue weighted by Gasteiger charge is -2.37. The number of alkyl carbamates (subject to hydrolysis) is 1. The van der Waals surface area contributed by atoms with Crippen LogP contribution in [0.25, 0.3) is 0 Å². The van der Waals surface area contributed by atoms with Crippen LogP contribution in [0.1, 0.15) is 18.4 Å². The molecular formula is C13H14NO4-. The summed E-state index contributed by atoms with van der Waals surface area (Å²) in [6.45, 7) is 0.176. The second kappa shape index (κ2) is 5.53. The van der Waals surface area contributed by atoms with Gasteiger partial charge >= 0.3 is 6.09 Å². The van der Waals surface area contributed by atoms with Gasteiger partial charge in [-0.25, -0.2) is 4.79 Å². The maximum atomic E-state index is 11.4. The van der Waals surface area contributed by atoms with Crippen LogP contribution in [0.4, 0.5) is 4.79 Å². The fourth-order valence-electron chi connectivity index (χ4n) is 1.87. The molecule has 5 nitrogen and oxygen atoms in total. The van der Waals surface area contributed by atoms with Crippen molar-refractivity contribution in [2.24, 2.45) is 5.92 Å². The highest BCUT2D eigenvalue weighted by molar-refractivity contribution is 5.73. The Morgan fingerprint density at radius 1 is 1.28 bits per heavy atom. The minimum Gasteiger partial charge on any atom is -0.550 e. The highest BCUT2D eigenvalue weighted by Crippen LogP contribution is 2.26. The van der Waals surface area contributed by atoms with Gasteiger partial charge in [0.25, 0.3) is 0 Å². The molecule has 18 heavy (non-hydrogen) atoms. The van der Waals surface area contributed by atoms with Crippen molar-refractivity contribution in [3.05, 3.63) is 35.9 Å². The van der Waals surface area contributed by atoms with Crippen LogP contribution in [0.2, 0.25) is 0 Å². The lowest BCUT2D eigenvalue weighted by atomic mass is 9.80. The number of hydrogen-bond donors (Lipinski definition) is 1. The Bertz CT molecular complexity index is 432. The maximum absolute atomic E-state index is 11.4. The van der Waals surface area contributed by atoms with Crippen molar-refractivity contribution in [2.45, 2.75) is 25.5 Å². The molecule has 1 fully saturated rings. The van der Waals surface area contributed by atoms with Crippen LogP contribution in [-0.2, 0) is 16.1 Å². The Morgan fingerprint density at radius 2 is 2.00 bits per heavy atom. The number of benzene rings is 1. The van der Waals surface area contributed by atoms with E-state index in [0.29, 0.717) is 12.8 Å². The summed E-state index contributed by atoms with van der Waals surface area (Å²) in [6.07, 6.45) is 0.611. The van der Waals surface area contributed by atoms with Crippen LogP contribution in [0.15, 0.2) is 30.3 Å². The quantitative estimate of drug-likeness (QED) is 0.838. The third-order valence-corrected chi connectivity index (χ3v) is 3.09. The summed E-state index contributed by atoms with van der Waals surface area (Å²) < 4.78 is 5.00. The van der Waals surface area contributed by atoms with E-state index in [4.69, 9.17) is 4.74 Å². The molecule has 2 atom stereocenters. The van der Waals surface area contributed by atoms with Gasteiger partial charge in [0.2, 0.25) is 0 Å². The summed E-state index contributed by atoms with van der Waals surface area (Å²) in [5, 5.41) is 13.2. The molecule has 0 spiro atoms. The van der Waals surface area contributed by atoms with E-state index in [-0.39, 0.29) is 12.6 Å². The van der Waals surface area contributed by atoms with Gasteiger partial charge in [0.15, 0.2) is 0 Å². The van der Waals surface area contributed by atoms with E-state index >= 15 is 0 Å². The summed E-state index contributed by atoms with van der Waals surface area (Å²) in [6, 6.07) is 8.92. The van der Waals surface area contributed by atoms with Crippen molar-refractivity contribution < 1.29 is 19.4 Å². The first-order valence-corrected chi connectivity index (χ1v) is 5.85. The van der Waals surface area contributed by atoms with Gasteiger partial charge in [0.1, 0.15) is 6.61 Å². The summed E-state index contributed by atoms with van der Waals surface area (Å²) in [4.78, 5) is 22.1. The van der Waals surface area contributed by atoms with Crippen molar-refractivity contribution in [1.29, 1.82) is 0 Å². The van der Waals surface area contributed by atoms with E-state index in [1.807, 2.05) is 30.3 Å². The second-order valence-corrected chi connectivity index (χ2v) is 4.32. The zero-order valence-corrected chi connectivity index (χ0v) is 9.80. The summed E-state index contributed by atoms with van der Waals surface area (Å²) in [5.74, 6) is -1.70. The molecule has 0 aromatic heterocycles. The summed E-state index contributed by atoms with van der Waals surface area (Å²) >= 11 is 0. The van der Waals surface area contributed by atoms with Gasteiger partial charge in [-0.3, -0.25) is 0 Å². The fourth-order valence-corrected chi connectivity index (χ4v) is 1.87. The van der Waals surface area contributed by atoms with Crippen LogP contribution in [0.3, 0.4) is 0 Å². The molecule has 1 aliphatic rings. The van der Waals surface area contributed by atoms with E-state index in [9.17, 15) is 14.7 Å². The van der Waals surface area contributed by atoms with Crippen LogP contribution in [-0.4, -0.2) is 18.1 Å². The fraction of sp³-hybridized carbons (Fsp3) is 0.385. The molecule has 0 bridgehead atoms. The van der Waals surface area contributed by atoms with Crippen molar-refractivity contribution in [3.63, 3.8) is 0 Å². The van der Waals surface area contributed by atoms with Gasteiger partial charge in [-0.15, -0.1) is 0 Å². The third-order valence-electron chi connectivity index (χ3n) is 3.09. The summed E-state index contributed by atoms with van der Waals surface area (Å²) in [5.41, 5.74) is 0.887. The highest BCUT2D eigenvalue weighted by Gasteiger charge is 2.33. The molecule has 0 heterocycles. The molecule has 0 aliphatic heterocycles. The Kier molecular flexibility index (Phi) is 3.82. The first-order valence-electron chi connectivity index (χ1n) is 5.85. The predicted molar refractivity (Wildman–Crippen MR) is 61.3 cm³/mol. The maximum Gasteiger partial charge on any atom is 0.407 e. The molecule has 1 N–H and O–H groups in total. The number of carbonyl (C=O) groups excluding carboxylic acids is 2. The average Bonchev–Trinajstić information content (AvgIpc) is 2.32. The van der Waals surface area contributed by atoms with Gasteiger partial charge in [-0.2, -0.15) is 0 Å². The lowest BCUT2D eigenvalue weighted by molar-refractivity contribution is -0.315. The zero-order valence-electron chi connectivity index (χ0n) is 9.80. The standard InChI is InChI=1S/C13H15NO4/c15-12(16)10-6-7-11(10)14-13(17)18-8-9-4-2-1-3-5-9/h1-5,10-11H,6-8H2,(H,14,17)(H,15,16)/p-1/t10-,11-/m1/s1. The topological polar surface area (TPSA) is 78.5 Å². The molecule has 1 aliphatic carbocycles. The molecule has 1 aromatic carbocycles. The number of ether oxygens (including phenoxy) is 1. The average molecular weight is 248 g/mol. The number of aliphatic carboxylic acids is 1. The number of nitrogens with one attached hydrogen (secondary N) is 1. The van der Waals surface area contributed by atoms with Crippen molar-refractivity contribution >= 4 is 12.1 Å². The molecule has 1 amide bonds. The Balaban J connectivity index is 1.74. The van der Waals surface area contributed by atoms with Gasteiger partial charge in [0, 0.05) is 17.9 Å². The van der Waals surface area contributed by atoms with Crippen LogP contribution >= 0.6 is 0 Å². The Morgan fingerprint density at radius 3 is 2.56 bits per heavy atom. The van der Waals surface area contributed by atoms with Crippen LogP contribution in [0, 0.1) is 5.92 Å². The molecule has 5 heteroatoms. The van der Waals surface area contributed by atoms with E-state index in [1.54, 1.807) is 0 Å². The first kappa shape index (κ1) is 12.4.